The van der Waals surface area contributed by atoms with Crippen molar-refractivity contribution in [1.82, 2.24) is 4.98 Å². The quantitative estimate of drug-likeness (QED) is 0.720. The van der Waals surface area contributed by atoms with E-state index < -0.39 is 0 Å². The number of benzene rings is 2. The monoisotopic (exact) mass is 261 g/mol. The average Bonchev–Trinajstić information content (AvgIpc) is 2.46. The van der Waals surface area contributed by atoms with Gasteiger partial charge in [0.2, 0.25) is 5.91 Å². The van der Waals surface area contributed by atoms with Crippen LogP contribution in [0.25, 0.3) is 21.8 Å². The van der Waals surface area contributed by atoms with Crippen LogP contribution in [0, 0.1) is 11.3 Å². The van der Waals surface area contributed by atoms with E-state index in [1.54, 1.807) is 6.07 Å². The normalized spacial score (nSPS) is 10.3. The van der Waals surface area contributed by atoms with E-state index in [2.05, 4.69) is 10.3 Å². The van der Waals surface area contributed by atoms with Gasteiger partial charge in [-0.15, -0.1) is 0 Å². The van der Waals surface area contributed by atoms with E-state index in [0.29, 0.717) is 5.69 Å². The van der Waals surface area contributed by atoms with Crippen LogP contribution < -0.4 is 5.32 Å². The molecule has 0 saturated carbocycles. The molecule has 2 aromatic carbocycles. The number of para-hydroxylation sites is 2. The minimum Gasteiger partial charge on any atom is -0.323 e. The second kappa shape index (κ2) is 4.98. The number of fused-ring (bicyclic) bond motifs is 2. The number of aromatic nitrogens is 1. The van der Waals surface area contributed by atoms with Crippen molar-refractivity contribution in [3.05, 3.63) is 48.5 Å². The van der Waals surface area contributed by atoms with Gasteiger partial charge in [0.1, 0.15) is 6.42 Å². The molecular formula is C16H11N3O. The van der Waals surface area contributed by atoms with Gasteiger partial charge in [-0.25, -0.2) is 4.98 Å². The standard InChI is InChI=1S/C16H11N3O/c17-9-8-15(20)18-14-7-3-5-12-10-11-4-1-2-6-13(11)19-16(12)14/h1-7,10H,8H2,(H,18,20). The summed E-state index contributed by atoms with van der Waals surface area (Å²) in [4.78, 5) is 16.2. The first-order valence-corrected chi connectivity index (χ1v) is 6.23. The molecule has 4 heteroatoms. The number of carbonyl (C=O) groups excluding carboxylic acids is 1. The number of amides is 1. The Morgan fingerprint density at radius 1 is 1.15 bits per heavy atom. The van der Waals surface area contributed by atoms with Crippen molar-refractivity contribution < 1.29 is 4.79 Å². The molecule has 0 aliphatic carbocycles. The molecule has 0 aliphatic heterocycles. The largest absolute Gasteiger partial charge is 0.323 e. The molecule has 0 aliphatic rings. The minimum atomic E-state index is -0.324. The van der Waals surface area contributed by atoms with Gasteiger partial charge in [0, 0.05) is 10.8 Å². The van der Waals surface area contributed by atoms with Crippen LogP contribution in [0.5, 0.6) is 0 Å². The summed E-state index contributed by atoms with van der Waals surface area (Å²) in [5, 5.41) is 13.3. The average molecular weight is 261 g/mol. The highest BCUT2D eigenvalue weighted by Crippen LogP contribution is 2.25. The molecule has 0 unspecified atom stereocenters. The molecule has 96 valence electrons. The van der Waals surface area contributed by atoms with Crippen LogP contribution in [-0.4, -0.2) is 10.9 Å². The van der Waals surface area contributed by atoms with Crippen molar-refractivity contribution in [1.29, 1.82) is 5.26 Å². The lowest BCUT2D eigenvalue weighted by Gasteiger charge is -2.08. The number of nitriles is 1. The Bertz CT molecular complexity index is 849. The summed E-state index contributed by atoms with van der Waals surface area (Å²) in [6, 6.07) is 17.3. The third kappa shape index (κ3) is 2.17. The molecule has 4 nitrogen and oxygen atoms in total. The van der Waals surface area contributed by atoms with Gasteiger partial charge in [-0.3, -0.25) is 4.79 Å². The number of anilines is 1. The lowest BCUT2D eigenvalue weighted by atomic mass is 10.1. The maximum atomic E-state index is 11.6. The summed E-state index contributed by atoms with van der Waals surface area (Å²) in [5.74, 6) is -0.324. The Kier molecular flexibility index (Phi) is 3.02. The van der Waals surface area contributed by atoms with Crippen molar-refractivity contribution in [3.8, 4) is 6.07 Å². The maximum Gasteiger partial charge on any atom is 0.238 e. The van der Waals surface area contributed by atoms with Crippen molar-refractivity contribution in [2.75, 3.05) is 5.32 Å². The van der Waals surface area contributed by atoms with E-state index in [9.17, 15) is 4.79 Å². The molecule has 0 bridgehead atoms. The Morgan fingerprint density at radius 2 is 1.95 bits per heavy atom. The first-order chi connectivity index (χ1) is 9.78. The van der Waals surface area contributed by atoms with Crippen LogP contribution in [0.1, 0.15) is 6.42 Å². The Balaban J connectivity index is 2.15. The number of rotatable bonds is 2. The fourth-order valence-electron chi connectivity index (χ4n) is 2.17. The van der Waals surface area contributed by atoms with Crippen LogP contribution >= 0.6 is 0 Å². The highest BCUT2D eigenvalue weighted by molar-refractivity contribution is 6.03. The van der Waals surface area contributed by atoms with Gasteiger partial charge in [0.25, 0.3) is 0 Å². The first kappa shape index (κ1) is 12.1. The van der Waals surface area contributed by atoms with Gasteiger partial charge in [-0.2, -0.15) is 5.26 Å². The fourth-order valence-corrected chi connectivity index (χ4v) is 2.17. The van der Waals surface area contributed by atoms with Crippen LogP contribution in [0.3, 0.4) is 0 Å². The van der Waals surface area contributed by atoms with Crippen molar-refractivity contribution in [2.24, 2.45) is 0 Å². The summed E-state index contributed by atoms with van der Waals surface area (Å²) in [7, 11) is 0. The highest BCUT2D eigenvalue weighted by Gasteiger charge is 2.07. The van der Waals surface area contributed by atoms with E-state index in [1.807, 2.05) is 48.5 Å². The van der Waals surface area contributed by atoms with E-state index in [-0.39, 0.29) is 12.3 Å². The summed E-state index contributed by atoms with van der Waals surface area (Å²) < 4.78 is 0. The molecule has 3 rings (SSSR count). The Hall–Kier alpha value is -2.93. The topological polar surface area (TPSA) is 65.8 Å². The first-order valence-electron chi connectivity index (χ1n) is 6.23. The van der Waals surface area contributed by atoms with E-state index >= 15 is 0 Å². The molecule has 1 amide bonds. The summed E-state index contributed by atoms with van der Waals surface area (Å²) in [6.07, 6.45) is -0.163. The van der Waals surface area contributed by atoms with Gasteiger partial charge in [0.15, 0.2) is 0 Å². The Labute approximate surface area is 115 Å². The number of hydrogen-bond acceptors (Lipinski definition) is 3. The van der Waals surface area contributed by atoms with Crippen LogP contribution in [-0.2, 0) is 4.79 Å². The second-order valence-electron chi connectivity index (χ2n) is 4.44. The summed E-state index contributed by atoms with van der Waals surface area (Å²) >= 11 is 0. The van der Waals surface area contributed by atoms with Crippen LogP contribution in [0.15, 0.2) is 48.5 Å². The van der Waals surface area contributed by atoms with E-state index in [0.717, 1.165) is 21.8 Å². The molecule has 0 saturated heterocycles. The van der Waals surface area contributed by atoms with Crippen molar-refractivity contribution in [2.45, 2.75) is 6.42 Å². The number of nitrogens with zero attached hydrogens (tertiary/aromatic N) is 2. The zero-order valence-corrected chi connectivity index (χ0v) is 10.6. The molecule has 0 fully saturated rings. The zero-order chi connectivity index (χ0) is 13.9. The summed E-state index contributed by atoms with van der Waals surface area (Å²) in [5.41, 5.74) is 2.24. The molecule has 3 aromatic rings. The fraction of sp³-hybridized carbons (Fsp3) is 0.0625. The smallest absolute Gasteiger partial charge is 0.238 e. The van der Waals surface area contributed by atoms with Gasteiger partial charge < -0.3 is 5.32 Å². The molecule has 0 radical (unpaired) electrons. The predicted molar refractivity (Wildman–Crippen MR) is 78.1 cm³/mol. The second-order valence-corrected chi connectivity index (χ2v) is 4.44. The lowest BCUT2D eigenvalue weighted by Crippen LogP contribution is -2.10. The third-order valence-corrected chi connectivity index (χ3v) is 3.06. The molecule has 20 heavy (non-hydrogen) atoms. The molecule has 0 spiro atoms. The molecule has 0 atom stereocenters. The molecule has 1 N–H and O–H groups in total. The van der Waals surface area contributed by atoms with Gasteiger partial charge in [-0.1, -0.05) is 30.3 Å². The van der Waals surface area contributed by atoms with Gasteiger partial charge in [-0.05, 0) is 18.2 Å². The van der Waals surface area contributed by atoms with E-state index in [1.165, 1.54) is 0 Å². The lowest BCUT2D eigenvalue weighted by molar-refractivity contribution is -0.115. The predicted octanol–water partition coefficient (Wildman–Crippen LogP) is 3.24. The van der Waals surface area contributed by atoms with Crippen LogP contribution in [0.2, 0.25) is 0 Å². The zero-order valence-electron chi connectivity index (χ0n) is 10.6. The highest BCUT2D eigenvalue weighted by atomic mass is 16.1. The maximum absolute atomic E-state index is 11.6. The Morgan fingerprint density at radius 3 is 2.80 bits per heavy atom. The number of pyridine rings is 1. The number of nitrogens with one attached hydrogen (secondary N) is 1. The summed E-state index contributed by atoms with van der Waals surface area (Å²) in [6.45, 7) is 0. The minimum absolute atomic E-state index is 0.163. The SMILES string of the molecule is N#CCC(=O)Nc1cccc2cc3ccccc3nc12. The molecular weight excluding hydrogens is 250 g/mol. The van der Waals surface area contributed by atoms with Crippen molar-refractivity contribution >= 4 is 33.4 Å². The van der Waals surface area contributed by atoms with Crippen LogP contribution in [0.4, 0.5) is 5.69 Å². The third-order valence-electron chi connectivity index (χ3n) is 3.06. The van der Waals surface area contributed by atoms with Crippen molar-refractivity contribution in [3.63, 3.8) is 0 Å². The molecule has 1 aromatic heterocycles. The van der Waals surface area contributed by atoms with Gasteiger partial charge >= 0.3 is 0 Å². The molecule has 1 heterocycles. The number of hydrogen-bond donors (Lipinski definition) is 1. The van der Waals surface area contributed by atoms with Gasteiger partial charge in [0.05, 0.1) is 22.8 Å². The number of carbonyl (C=O) groups is 1. The van der Waals surface area contributed by atoms with E-state index in [4.69, 9.17) is 5.26 Å².